The number of nitrogens with one attached hydrogen (secondary N) is 2. The average Bonchev–Trinajstić information content (AvgIpc) is 2.53. The van der Waals surface area contributed by atoms with E-state index in [0.717, 1.165) is 0 Å². The number of nitrogens with two attached hydrogens (primary N) is 3. The number of hydrogen-bond acceptors (Lipinski definition) is 6. The van der Waals surface area contributed by atoms with Gasteiger partial charge in [0, 0.05) is 6.42 Å². The summed E-state index contributed by atoms with van der Waals surface area (Å²) in [5.41, 5.74) is 15.5. The van der Waals surface area contributed by atoms with Crippen LogP contribution >= 0.6 is 0 Å². The minimum absolute atomic E-state index is 0.150. The maximum absolute atomic E-state index is 12.4. The lowest BCUT2D eigenvalue weighted by Gasteiger charge is -2.25. The van der Waals surface area contributed by atoms with Crippen LogP contribution in [0.5, 0.6) is 0 Å². The van der Waals surface area contributed by atoms with Crippen molar-refractivity contribution in [3.05, 3.63) is 0 Å². The van der Waals surface area contributed by atoms with Crippen molar-refractivity contribution in [3.8, 4) is 0 Å². The van der Waals surface area contributed by atoms with Gasteiger partial charge in [-0.25, -0.2) is 4.79 Å². The lowest BCUT2D eigenvalue weighted by molar-refractivity contribution is -0.144. The molecule has 0 aliphatic carbocycles. The molecule has 4 amide bonds. The third kappa shape index (κ3) is 8.42. The summed E-state index contributed by atoms with van der Waals surface area (Å²) >= 11 is 0. The third-order valence-corrected chi connectivity index (χ3v) is 3.85. The predicted octanol–water partition coefficient (Wildman–Crippen LogP) is -2.45. The largest absolute Gasteiger partial charge is 0.480 e. The molecular formula is C15H27N5O6. The molecule has 11 nitrogen and oxygen atoms in total. The summed E-state index contributed by atoms with van der Waals surface area (Å²) in [6.07, 6.45) is -0.298. The molecule has 9 N–H and O–H groups in total. The first-order chi connectivity index (χ1) is 12.0. The number of carbonyl (C=O) groups is 5. The van der Waals surface area contributed by atoms with Gasteiger partial charge in [-0.15, -0.1) is 0 Å². The van der Waals surface area contributed by atoms with Crippen LogP contribution in [0, 0.1) is 5.92 Å². The van der Waals surface area contributed by atoms with Crippen LogP contribution in [0.2, 0.25) is 0 Å². The third-order valence-electron chi connectivity index (χ3n) is 3.85. The van der Waals surface area contributed by atoms with Gasteiger partial charge >= 0.3 is 5.97 Å². The van der Waals surface area contributed by atoms with Crippen molar-refractivity contribution in [1.82, 2.24) is 10.6 Å². The molecule has 148 valence electrons. The van der Waals surface area contributed by atoms with Crippen LogP contribution in [0.1, 0.15) is 39.5 Å². The molecule has 0 aliphatic rings. The molecule has 0 aliphatic heterocycles. The van der Waals surface area contributed by atoms with Gasteiger partial charge in [0.25, 0.3) is 0 Å². The number of rotatable bonds is 12. The number of carbonyl (C=O) groups excluding carboxylic acids is 4. The summed E-state index contributed by atoms with van der Waals surface area (Å²) in [5, 5.41) is 13.9. The highest BCUT2D eigenvalue weighted by Gasteiger charge is 2.30. The van der Waals surface area contributed by atoms with Gasteiger partial charge < -0.3 is 32.9 Å². The Morgan fingerprint density at radius 1 is 1.00 bits per heavy atom. The lowest BCUT2D eigenvalue weighted by Crippen LogP contribution is -2.56. The first-order valence-corrected chi connectivity index (χ1v) is 8.15. The standard InChI is InChI=1S/C15H27N5O6/c1-3-7(2)12(15(25)26)20-14(24)9(4-5-10(17)21)19-13(23)8(16)6-11(18)22/h7-9,12H,3-6,16H2,1-2H3,(H2,17,21)(H2,18,22)(H,19,23)(H,20,24)(H,25,26). The van der Waals surface area contributed by atoms with Crippen LogP contribution in [0.4, 0.5) is 0 Å². The van der Waals surface area contributed by atoms with E-state index in [-0.39, 0.29) is 18.8 Å². The Bertz CT molecular complexity index is 553. The maximum atomic E-state index is 12.4. The second kappa shape index (κ2) is 11.0. The summed E-state index contributed by atoms with van der Waals surface area (Å²) in [5.74, 6) is -4.70. The highest BCUT2D eigenvalue weighted by Crippen LogP contribution is 2.09. The van der Waals surface area contributed by atoms with E-state index >= 15 is 0 Å². The number of carboxylic acid groups (broad SMARTS) is 1. The van der Waals surface area contributed by atoms with Gasteiger partial charge in [-0.1, -0.05) is 20.3 Å². The van der Waals surface area contributed by atoms with Crippen molar-refractivity contribution in [2.24, 2.45) is 23.1 Å². The molecule has 26 heavy (non-hydrogen) atoms. The number of amides is 4. The molecule has 0 bridgehead atoms. The zero-order chi connectivity index (χ0) is 20.4. The van der Waals surface area contributed by atoms with Crippen molar-refractivity contribution in [3.63, 3.8) is 0 Å². The van der Waals surface area contributed by atoms with Crippen LogP contribution in [-0.2, 0) is 24.0 Å². The number of hydrogen-bond donors (Lipinski definition) is 6. The SMILES string of the molecule is CCC(C)C(NC(=O)C(CCC(N)=O)NC(=O)C(N)CC(N)=O)C(=O)O. The van der Waals surface area contributed by atoms with Gasteiger partial charge in [0.1, 0.15) is 12.1 Å². The Balaban J connectivity index is 5.17. The first kappa shape index (κ1) is 23.3. The smallest absolute Gasteiger partial charge is 0.326 e. The summed E-state index contributed by atoms with van der Waals surface area (Å²) in [6, 6.07) is -3.68. The molecule has 4 atom stereocenters. The summed E-state index contributed by atoms with van der Waals surface area (Å²) in [6.45, 7) is 3.42. The molecule has 4 unspecified atom stereocenters. The van der Waals surface area contributed by atoms with Crippen molar-refractivity contribution < 1.29 is 29.1 Å². The molecule has 0 spiro atoms. The van der Waals surface area contributed by atoms with Crippen molar-refractivity contribution in [2.75, 3.05) is 0 Å². The Morgan fingerprint density at radius 3 is 2.00 bits per heavy atom. The fourth-order valence-corrected chi connectivity index (χ4v) is 2.08. The molecule has 0 heterocycles. The minimum atomic E-state index is -1.28. The van der Waals surface area contributed by atoms with Gasteiger partial charge in [0.15, 0.2) is 0 Å². The maximum Gasteiger partial charge on any atom is 0.326 e. The van der Waals surface area contributed by atoms with E-state index in [4.69, 9.17) is 17.2 Å². The monoisotopic (exact) mass is 373 g/mol. The normalized spacial score (nSPS) is 15.2. The highest BCUT2D eigenvalue weighted by molar-refractivity contribution is 5.93. The Kier molecular flexibility index (Phi) is 9.89. The van der Waals surface area contributed by atoms with Gasteiger partial charge in [-0.3, -0.25) is 19.2 Å². The topological polar surface area (TPSA) is 208 Å². The average molecular weight is 373 g/mol. The lowest BCUT2D eigenvalue weighted by atomic mass is 9.98. The first-order valence-electron chi connectivity index (χ1n) is 8.15. The van der Waals surface area contributed by atoms with Crippen LogP contribution < -0.4 is 27.8 Å². The Labute approximate surface area is 151 Å². The van der Waals surface area contributed by atoms with Gasteiger partial charge in [-0.05, 0) is 12.3 Å². The van der Waals surface area contributed by atoms with Crippen LogP contribution in [-0.4, -0.2) is 52.8 Å². The molecule has 0 saturated carbocycles. The minimum Gasteiger partial charge on any atom is -0.480 e. The zero-order valence-corrected chi connectivity index (χ0v) is 14.9. The molecule has 0 aromatic heterocycles. The predicted molar refractivity (Wildman–Crippen MR) is 91.2 cm³/mol. The zero-order valence-electron chi connectivity index (χ0n) is 14.9. The van der Waals surface area contributed by atoms with E-state index in [0.29, 0.717) is 6.42 Å². The van der Waals surface area contributed by atoms with Gasteiger partial charge in [0.05, 0.1) is 12.5 Å². The van der Waals surface area contributed by atoms with E-state index in [2.05, 4.69) is 10.6 Å². The Morgan fingerprint density at radius 2 is 1.58 bits per heavy atom. The second-order valence-corrected chi connectivity index (χ2v) is 6.05. The second-order valence-electron chi connectivity index (χ2n) is 6.05. The fraction of sp³-hybridized carbons (Fsp3) is 0.667. The van der Waals surface area contributed by atoms with Crippen molar-refractivity contribution in [1.29, 1.82) is 0 Å². The van der Waals surface area contributed by atoms with E-state index in [9.17, 15) is 29.1 Å². The molecule has 0 aromatic carbocycles. The molecule has 0 radical (unpaired) electrons. The van der Waals surface area contributed by atoms with E-state index in [1.807, 2.05) is 0 Å². The fourth-order valence-electron chi connectivity index (χ4n) is 2.08. The van der Waals surface area contributed by atoms with Gasteiger partial charge in [-0.2, -0.15) is 0 Å². The van der Waals surface area contributed by atoms with Crippen LogP contribution in [0.15, 0.2) is 0 Å². The quantitative estimate of drug-likeness (QED) is 0.217. The van der Waals surface area contributed by atoms with Gasteiger partial charge in [0.2, 0.25) is 23.6 Å². The summed E-state index contributed by atoms with van der Waals surface area (Å²) < 4.78 is 0. The molecule has 0 rings (SSSR count). The van der Waals surface area contributed by atoms with E-state index < -0.39 is 54.1 Å². The number of carboxylic acids is 1. The molecule has 11 heteroatoms. The van der Waals surface area contributed by atoms with Crippen molar-refractivity contribution >= 4 is 29.6 Å². The molecule has 0 saturated heterocycles. The highest BCUT2D eigenvalue weighted by atomic mass is 16.4. The molecule has 0 fully saturated rings. The summed E-state index contributed by atoms with van der Waals surface area (Å²) in [4.78, 5) is 57.5. The van der Waals surface area contributed by atoms with Crippen LogP contribution in [0.25, 0.3) is 0 Å². The number of aliphatic carboxylic acids is 1. The number of primary amides is 2. The Hall–Kier alpha value is -2.69. The molecular weight excluding hydrogens is 346 g/mol. The van der Waals surface area contributed by atoms with Crippen LogP contribution in [0.3, 0.4) is 0 Å². The summed E-state index contributed by atoms with van der Waals surface area (Å²) in [7, 11) is 0. The van der Waals surface area contributed by atoms with Crippen molar-refractivity contribution in [2.45, 2.75) is 57.7 Å². The van der Waals surface area contributed by atoms with E-state index in [1.165, 1.54) is 0 Å². The molecule has 0 aromatic rings. The van der Waals surface area contributed by atoms with E-state index in [1.54, 1.807) is 13.8 Å².